The van der Waals surface area contributed by atoms with Gasteiger partial charge >= 0.3 is 11.9 Å². The van der Waals surface area contributed by atoms with Gasteiger partial charge in [0.25, 0.3) is 0 Å². The van der Waals surface area contributed by atoms with Crippen LogP contribution in [0, 0.1) is 0 Å². The summed E-state index contributed by atoms with van der Waals surface area (Å²) in [5.74, 6) is 0.0650. The number of carbonyl (C=O) groups excluding carboxylic acids is 3. The van der Waals surface area contributed by atoms with E-state index in [0.29, 0.717) is 32.5 Å². The van der Waals surface area contributed by atoms with E-state index in [9.17, 15) is 14.4 Å². The van der Waals surface area contributed by atoms with Gasteiger partial charge in [-0.1, -0.05) is 141 Å². The highest BCUT2D eigenvalue weighted by molar-refractivity contribution is 5.76. The second kappa shape index (κ2) is 39.1. The zero-order valence-corrected chi connectivity index (χ0v) is 34.1. The summed E-state index contributed by atoms with van der Waals surface area (Å²) in [7, 11) is 4.09. The predicted molar refractivity (Wildman–Crippen MR) is 216 cm³/mol. The van der Waals surface area contributed by atoms with E-state index in [1.807, 2.05) is 26.2 Å². The minimum Gasteiger partial charge on any atom is -0.461 e. The zero-order chi connectivity index (χ0) is 37.5. The Hall–Kier alpha value is -2.15. The van der Waals surface area contributed by atoms with Crippen LogP contribution in [0.3, 0.4) is 0 Å². The molecule has 0 saturated carbocycles. The molecule has 7 nitrogen and oxygen atoms in total. The smallest absolute Gasteiger partial charge is 0.306 e. The Bertz CT molecular complexity index is 800. The topological polar surface area (TPSA) is 76.1 Å². The molecule has 0 unspecified atom stereocenters. The quantitative estimate of drug-likeness (QED) is 0.0359. The Balaban J connectivity index is 4.03. The van der Waals surface area contributed by atoms with Gasteiger partial charge in [-0.05, 0) is 78.4 Å². The maximum Gasteiger partial charge on any atom is 0.306 e. The third kappa shape index (κ3) is 37.4. The molecule has 0 aliphatic carbocycles. The van der Waals surface area contributed by atoms with Crippen LogP contribution >= 0.6 is 0 Å². The highest BCUT2D eigenvalue weighted by Crippen LogP contribution is 2.12. The number of allylic oxidation sites excluding steroid dienone is 2. The SMILES string of the molecule is CCCCCCCC/C=C\COC(=O)CCCCCCCN(CCCCCCCC(=O)OC/C=C\CCCCCCCC)C(=O)CCCN(C)C. The van der Waals surface area contributed by atoms with Crippen molar-refractivity contribution in [3.8, 4) is 0 Å². The third-order valence-corrected chi connectivity index (χ3v) is 9.43. The van der Waals surface area contributed by atoms with Crippen LogP contribution in [0.1, 0.15) is 194 Å². The molecule has 298 valence electrons. The van der Waals surface area contributed by atoms with Crippen LogP contribution < -0.4 is 0 Å². The predicted octanol–water partition coefficient (Wildman–Crippen LogP) is 11.5. The number of esters is 2. The van der Waals surface area contributed by atoms with Crippen LogP contribution in [-0.2, 0) is 23.9 Å². The van der Waals surface area contributed by atoms with Gasteiger partial charge in [0.1, 0.15) is 13.2 Å². The molecule has 0 atom stereocenters. The molecule has 0 aromatic rings. The van der Waals surface area contributed by atoms with Gasteiger partial charge in [-0.3, -0.25) is 14.4 Å². The normalized spacial score (nSPS) is 11.6. The first-order valence-corrected chi connectivity index (χ1v) is 21.4. The monoisotopic (exact) mass is 719 g/mol. The summed E-state index contributed by atoms with van der Waals surface area (Å²) in [5, 5.41) is 0. The van der Waals surface area contributed by atoms with Crippen molar-refractivity contribution in [3.63, 3.8) is 0 Å². The van der Waals surface area contributed by atoms with Crippen LogP contribution in [0.15, 0.2) is 24.3 Å². The molecule has 0 aliphatic heterocycles. The minimum atomic E-state index is -0.101. The summed E-state index contributed by atoms with van der Waals surface area (Å²) in [6.07, 6.45) is 38.5. The van der Waals surface area contributed by atoms with Crippen molar-refractivity contribution in [3.05, 3.63) is 24.3 Å². The van der Waals surface area contributed by atoms with Crippen LogP contribution in [0.5, 0.6) is 0 Å². The molecular weight excluding hydrogens is 636 g/mol. The Labute approximate surface area is 315 Å². The van der Waals surface area contributed by atoms with Gasteiger partial charge in [-0.25, -0.2) is 0 Å². The average molecular weight is 719 g/mol. The fourth-order valence-corrected chi connectivity index (χ4v) is 6.15. The Morgan fingerprint density at radius 2 is 0.824 bits per heavy atom. The molecule has 0 rings (SSSR count). The molecule has 0 aromatic carbocycles. The molecule has 0 spiro atoms. The number of carbonyl (C=O) groups is 3. The third-order valence-electron chi connectivity index (χ3n) is 9.43. The first kappa shape index (κ1) is 48.9. The molecule has 0 bridgehead atoms. The summed E-state index contributed by atoms with van der Waals surface area (Å²) in [6.45, 7) is 7.81. The van der Waals surface area contributed by atoms with E-state index in [4.69, 9.17) is 9.47 Å². The van der Waals surface area contributed by atoms with Crippen molar-refractivity contribution >= 4 is 17.8 Å². The highest BCUT2D eigenvalue weighted by atomic mass is 16.5. The lowest BCUT2D eigenvalue weighted by Gasteiger charge is -2.23. The second-order valence-corrected chi connectivity index (χ2v) is 14.7. The summed E-state index contributed by atoms with van der Waals surface area (Å²) in [4.78, 5) is 41.3. The van der Waals surface area contributed by atoms with Crippen molar-refractivity contribution in [2.75, 3.05) is 46.9 Å². The molecule has 0 N–H and O–H groups in total. The zero-order valence-electron chi connectivity index (χ0n) is 34.1. The van der Waals surface area contributed by atoms with Crippen LogP contribution in [0.2, 0.25) is 0 Å². The summed E-state index contributed by atoms with van der Waals surface area (Å²) in [6, 6.07) is 0. The van der Waals surface area contributed by atoms with Crippen molar-refractivity contribution in [2.45, 2.75) is 194 Å². The molecule has 0 aliphatic rings. The van der Waals surface area contributed by atoms with Gasteiger partial charge < -0.3 is 19.3 Å². The number of amides is 1. The summed E-state index contributed by atoms with van der Waals surface area (Å²) >= 11 is 0. The second-order valence-electron chi connectivity index (χ2n) is 14.7. The molecule has 1 amide bonds. The lowest BCUT2D eigenvalue weighted by Crippen LogP contribution is -2.33. The fraction of sp³-hybridized carbons (Fsp3) is 0.841. The van der Waals surface area contributed by atoms with E-state index >= 15 is 0 Å². The van der Waals surface area contributed by atoms with Gasteiger partial charge in [0.15, 0.2) is 0 Å². The van der Waals surface area contributed by atoms with Crippen LogP contribution in [-0.4, -0.2) is 74.6 Å². The van der Waals surface area contributed by atoms with E-state index in [2.05, 4.69) is 35.8 Å². The van der Waals surface area contributed by atoms with Crippen molar-refractivity contribution < 1.29 is 23.9 Å². The van der Waals surface area contributed by atoms with Crippen LogP contribution in [0.4, 0.5) is 0 Å². The lowest BCUT2D eigenvalue weighted by molar-refractivity contribution is -0.143. The standard InChI is InChI=1S/C44H82N2O5/c1-5-7-9-11-13-15-17-25-31-40-50-43(48)35-27-21-19-23-29-38-46(42(47)34-33-37-45(3)4)39-30-24-20-22-28-36-44(49)51-41-32-26-18-16-14-12-10-8-6-2/h25-26,31-32H,5-24,27-30,33-41H2,1-4H3/b31-25-,32-26-. The highest BCUT2D eigenvalue weighted by Gasteiger charge is 2.13. The molecule has 0 aromatic heterocycles. The Morgan fingerprint density at radius 1 is 0.431 bits per heavy atom. The number of rotatable bonds is 38. The molecule has 51 heavy (non-hydrogen) atoms. The number of hydrogen-bond donors (Lipinski definition) is 0. The maximum absolute atomic E-state index is 13.0. The number of unbranched alkanes of at least 4 members (excludes halogenated alkanes) is 20. The van der Waals surface area contributed by atoms with E-state index in [-0.39, 0.29) is 17.8 Å². The molecule has 0 heterocycles. The van der Waals surface area contributed by atoms with Gasteiger partial charge in [0, 0.05) is 32.4 Å². The lowest BCUT2D eigenvalue weighted by atomic mass is 10.1. The van der Waals surface area contributed by atoms with Gasteiger partial charge in [-0.2, -0.15) is 0 Å². The number of nitrogens with zero attached hydrogens (tertiary/aromatic N) is 2. The largest absolute Gasteiger partial charge is 0.461 e. The van der Waals surface area contributed by atoms with Gasteiger partial charge in [0.05, 0.1) is 0 Å². The fourth-order valence-electron chi connectivity index (χ4n) is 6.15. The summed E-state index contributed by atoms with van der Waals surface area (Å²) in [5.41, 5.74) is 0. The van der Waals surface area contributed by atoms with E-state index in [1.54, 1.807) is 0 Å². The first-order valence-electron chi connectivity index (χ1n) is 21.4. The van der Waals surface area contributed by atoms with Gasteiger partial charge in [0.2, 0.25) is 5.91 Å². The van der Waals surface area contributed by atoms with Gasteiger partial charge in [-0.15, -0.1) is 0 Å². The summed E-state index contributed by atoms with van der Waals surface area (Å²) < 4.78 is 10.7. The average Bonchev–Trinajstić information content (AvgIpc) is 3.11. The molecule has 0 radical (unpaired) electrons. The molecule has 0 fully saturated rings. The maximum atomic E-state index is 13.0. The molecular formula is C44H82N2O5. The first-order chi connectivity index (χ1) is 24.9. The van der Waals surface area contributed by atoms with Crippen LogP contribution in [0.25, 0.3) is 0 Å². The minimum absolute atomic E-state index is 0.101. The Kier molecular flexibility index (Phi) is 37.4. The van der Waals surface area contributed by atoms with E-state index < -0.39 is 0 Å². The van der Waals surface area contributed by atoms with E-state index in [0.717, 1.165) is 103 Å². The van der Waals surface area contributed by atoms with Crippen molar-refractivity contribution in [1.29, 1.82) is 0 Å². The number of hydrogen-bond acceptors (Lipinski definition) is 6. The van der Waals surface area contributed by atoms with E-state index in [1.165, 1.54) is 77.0 Å². The Morgan fingerprint density at radius 3 is 1.25 bits per heavy atom. The number of ether oxygens (including phenoxy) is 2. The molecule has 0 saturated heterocycles. The van der Waals surface area contributed by atoms with Crippen molar-refractivity contribution in [1.82, 2.24) is 9.80 Å². The van der Waals surface area contributed by atoms with Crippen molar-refractivity contribution in [2.24, 2.45) is 0 Å². The molecule has 7 heteroatoms.